The number of halogens is 1. The number of rotatable bonds is 14. The molecule has 1 aromatic carbocycles. The van der Waals surface area contributed by atoms with Crippen LogP contribution in [0.3, 0.4) is 0 Å². The first-order valence-corrected chi connectivity index (χ1v) is 10.00. The van der Waals surface area contributed by atoms with Gasteiger partial charge >= 0.3 is 5.97 Å². The maximum absolute atomic E-state index is 11.7. The van der Waals surface area contributed by atoms with Gasteiger partial charge < -0.3 is 4.74 Å². The highest BCUT2D eigenvalue weighted by Gasteiger charge is 2.03. The summed E-state index contributed by atoms with van der Waals surface area (Å²) in [5.41, 5.74) is 0.940. The zero-order valence-corrected chi connectivity index (χ0v) is 16.0. The van der Waals surface area contributed by atoms with Gasteiger partial charge in [-0.2, -0.15) is 0 Å². The lowest BCUT2D eigenvalue weighted by molar-refractivity contribution is -0.145. The smallest absolute Gasteiger partial charge is 0.306 e. The first-order chi connectivity index (χ1) is 11.7. The summed E-state index contributed by atoms with van der Waals surface area (Å²) in [7, 11) is 0. The summed E-state index contributed by atoms with van der Waals surface area (Å²) in [6.07, 6.45) is 14.7. The minimum atomic E-state index is -0.106. The Morgan fingerprint density at radius 1 is 0.917 bits per heavy atom. The minimum Gasteiger partial charge on any atom is -0.461 e. The van der Waals surface area contributed by atoms with E-state index in [-0.39, 0.29) is 5.97 Å². The van der Waals surface area contributed by atoms with E-state index in [0.29, 0.717) is 18.1 Å². The van der Waals surface area contributed by atoms with Crippen molar-refractivity contribution < 1.29 is 9.53 Å². The normalized spacial score (nSPS) is 10.8. The molecule has 0 N–H and O–H groups in total. The summed E-state index contributed by atoms with van der Waals surface area (Å²) in [6, 6.07) is 7.44. The monoisotopic (exact) mass is 352 g/mol. The van der Waals surface area contributed by atoms with Crippen molar-refractivity contribution in [1.29, 1.82) is 0 Å². The summed E-state index contributed by atoms with van der Waals surface area (Å²) >= 11 is 5.91. The standard InChI is InChI=1S/C21H33ClO2/c1-2-3-4-5-6-7-8-9-10-11-12-16-21(23)24-18-19-14-13-15-20(22)17-19/h13-15,17H,2-12,16,18H2,1H3. The number of carbonyl (C=O) groups excluding carboxylic acids is 1. The van der Waals surface area contributed by atoms with E-state index < -0.39 is 0 Å². The number of esters is 1. The molecular formula is C21H33ClO2. The van der Waals surface area contributed by atoms with Crippen LogP contribution >= 0.6 is 11.6 Å². The second-order valence-corrected chi connectivity index (χ2v) is 7.01. The highest BCUT2D eigenvalue weighted by molar-refractivity contribution is 6.30. The number of unbranched alkanes of at least 4 members (excludes halogenated alkanes) is 10. The van der Waals surface area contributed by atoms with Crippen LogP contribution in [0.25, 0.3) is 0 Å². The van der Waals surface area contributed by atoms with Crippen molar-refractivity contribution in [3.63, 3.8) is 0 Å². The fourth-order valence-corrected chi connectivity index (χ4v) is 3.01. The Kier molecular flexibility index (Phi) is 12.6. The molecule has 0 spiro atoms. The van der Waals surface area contributed by atoms with Crippen LogP contribution in [-0.4, -0.2) is 5.97 Å². The van der Waals surface area contributed by atoms with Gasteiger partial charge in [0, 0.05) is 11.4 Å². The van der Waals surface area contributed by atoms with Crippen molar-refractivity contribution in [2.24, 2.45) is 0 Å². The Hall–Kier alpha value is -1.02. The van der Waals surface area contributed by atoms with Crippen LogP contribution in [0.15, 0.2) is 24.3 Å². The van der Waals surface area contributed by atoms with Crippen molar-refractivity contribution in [3.8, 4) is 0 Å². The average molecular weight is 353 g/mol. The Labute approximate surface area is 152 Å². The van der Waals surface area contributed by atoms with Crippen molar-refractivity contribution in [3.05, 3.63) is 34.9 Å². The van der Waals surface area contributed by atoms with Gasteiger partial charge in [0.15, 0.2) is 0 Å². The van der Waals surface area contributed by atoms with E-state index in [4.69, 9.17) is 16.3 Å². The fourth-order valence-electron chi connectivity index (χ4n) is 2.80. The van der Waals surface area contributed by atoms with Crippen LogP contribution in [-0.2, 0) is 16.1 Å². The highest BCUT2D eigenvalue weighted by atomic mass is 35.5. The molecule has 136 valence electrons. The Morgan fingerprint density at radius 2 is 1.50 bits per heavy atom. The molecule has 0 aliphatic heterocycles. The maximum Gasteiger partial charge on any atom is 0.306 e. The third-order valence-corrected chi connectivity index (χ3v) is 4.51. The van der Waals surface area contributed by atoms with E-state index in [9.17, 15) is 4.79 Å². The molecule has 24 heavy (non-hydrogen) atoms. The molecule has 0 aromatic heterocycles. The lowest BCUT2D eigenvalue weighted by Crippen LogP contribution is -2.04. The molecule has 0 heterocycles. The van der Waals surface area contributed by atoms with Gasteiger partial charge in [-0.15, -0.1) is 0 Å². The summed E-state index contributed by atoms with van der Waals surface area (Å²) in [5.74, 6) is -0.106. The summed E-state index contributed by atoms with van der Waals surface area (Å²) in [6.45, 7) is 2.57. The van der Waals surface area contributed by atoms with E-state index >= 15 is 0 Å². The van der Waals surface area contributed by atoms with Gasteiger partial charge in [0.05, 0.1) is 0 Å². The number of carbonyl (C=O) groups is 1. The van der Waals surface area contributed by atoms with Gasteiger partial charge in [0.2, 0.25) is 0 Å². The van der Waals surface area contributed by atoms with Gasteiger partial charge in [-0.1, -0.05) is 94.9 Å². The SMILES string of the molecule is CCCCCCCCCCCCCC(=O)OCc1cccc(Cl)c1. The van der Waals surface area contributed by atoms with Gasteiger partial charge in [-0.3, -0.25) is 4.79 Å². The van der Waals surface area contributed by atoms with Crippen molar-refractivity contribution in [1.82, 2.24) is 0 Å². The molecule has 0 unspecified atom stereocenters. The third kappa shape index (κ3) is 11.5. The van der Waals surface area contributed by atoms with Gasteiger partial charge in [0.1, 0.15) is 6.61 Å². The van der Waals surface area contributed by atoms with Crippen LogP contribution in [0.5, 0.6) is 0 Å². The highest BCUT2D eigenvalue weighted by Crippen LogP contribution is 2.14. The van der Waals surface area contributed by atoms with Crippen molar-refractivity contribution >= 4 is 17.6 Å². The molecule has 0 radical (unpaired) electrons. The largest absolute Gasteiger partial charge is 0.461 e. The first kappa shape index (κ1) is 21.0. The van der Waals surface area contributed by atoms with Crippen LogP contribution < -0.4 is 0 Å². The summed E-state index contributed by atoms with van der Waals surface area (Å²) in [4.78, 5) is 11.7. The zero-order valence-electron chi connectivity index (χ0n) is 15.2. The Balaban J connectivity index is 1.89. The van der Waals surface area contributed by atoms with Crippen LogP contribution in [0.2, 0.25) is 5.02 Å². The molecule has 0 aliphatic rings. The predicted molar refractivity (Wildman–Crippen MR) is 102 cm³/mol. The first-order valence-electron chi connectivity index (χ1n) is 9.62. The maximum atomic E-state index is 11.7. The molecule has 0 atom stereocenters. The lowest BCUT2D eigenvalue weighted by atomic mass is 10.1. The van der Waals surface area contributed by atoms with E-state index in [1.54, 1.807) is 0 Å². The molecule has 0 fully saturated rings. The van der Waals surface area contributed by atoms with E-state index in [2.05, 4.69) is 6.92 Å². The fraction of sp³-hybridized carbons (Fsp3) is 0.667. The molecular weight excluding hydrogens is 320 g/mol. The Bertz CT molecular complexity index is 445. The third-order valence-electron chi connectivity index (χ3n) is 4.27. The van der Waals surface area contributed by atoms with E-state index in [0.717, 1.165) is 18.4 Å². The quantitative estimate of drug-likeness (QED) is 0.264. The van der Waals surface area contributed by atoms with E-state index in [1.165, 1.54) is 57.8 Å². The number of hydrogen-bond donors (Lipinski definition) is 0. The second-order valence-electron chi connectivity index (χ2n) is 6.58. The number of hydrogen-bond acceptors (Lipinski definition) is 2. The van der Waals surface area contributed by atoms with Gasteiger partial charge in [-0.25, -0.2) is 0 Å². The zero-order chi connectivity index (χ0) is 17.5. The Morgan fingerprint density at radius 3 is 2.08 bits per heavy atom. The summed E-state index contributed by atoms with van der Waals surface area (Å²) in [5, 5.41) is 0.675. The molecule has 0 amide bonds. The number of benzene rings is 1. The second kappa shape index (κ2) is 14.3. The predicted octanol–water partition coefficient (Wildman–Crippen LogP) is 7.08. The molecule has 1 aromatic rings. The van der Waals surface area contributed by atoms with Crippen molar-refractivity contribution in [2.45, 2.75) is 90.6 Å². The topological polar surface area (TPSA) is 26.3 Å². The van der Waals surface area contributed by atoms with Crippen LogP contribution in [0, 0.1) is 0 Å². The van der Waals surface area contributed by atoms with Crippen LogP contribution in [0.4, 0.5) is 0 Å². The molecule has 3 heteroatoms. The molecule has 2 nitrogen and oxygen atoms in total. The molecule has 0 bridgehead atoms. The number of ether oxygens (including phenoxy) is 1. The van der Waals surface area contributed by atoms with E-state index in [1.807, 2.05) is 24.3 Å². The molecule has 0 saturated carbocycles. The van der Waals surface area contributed by atoms with Crippen molar-refractivity contribution in [2.75, 3.05) is 0 Å². The van der Waals surface area contributed by atoms with Gasteiger partial charge in [0.25, 0.3) is 0 Å². The molecule has 0 saturated heterocycles. The van der Waals surface area contributed by atoms with Crippen LogP contribution in [0.1, 0.15) is 89.5 Å². The summed E-state index contributed by atoms with van der Waals surface area (Å²) < 4.78 is 5.28. The molecule has 0 aliphatic carbocycles. The minimum absolute atomic E-state index is 0.106. The average Bonchev–Trinajstić information content (AvgIpc) is 2.58. The van der Waals surface area contributed by atoms with Gasteiger partial charge in [-0.05, 0) is 24.1 Å². The molecule has 1 rings (SSSR count). The lowest BCUT2D eigenvalue weighted by Gasteiger charge is -2.05.